The van der Waals surface area contributed by atoms with Gasteiger partial charge in [0.05, 0.1) is 40.5 Å². The lowest BCUT2D eigenvalue weighted by molar-refractivity contribution is -0.163. The van der Waals surface area contributed by atoms with E-state index in [0.717, 1.165) is 12.8 Å². The van der Waals surface area contributed by atoms with Gasteiger partial charge in [-0.15, -0.1) is 0 Å². The minimum atomic E-state index is -3.03. The van der Waals surface area contributed by atoms with Crippen LogP contribution in [0, 0.1) is 5.92 Å². The van der Waals surface area contributed by atoms with Crippen molar-refractivity contribution in [3.63, 3.8) is 0 Å². The number of esters is 1. The van der Waals surface area contributed by atoms with Crippen molar-refractivity contribution < 1.29 is 56.1 Å². The highest BCUT2D eigenvalue weighted by Crippen LogP contribution is 2.37. The number of rotatable bonds is 11. The van der Waals surface area contributed by atoms with Crippen molar-refractivity contribution in [1.29, 1.82) is 0 Å². The van der Waals surface area contributed by atoms with Gasteiger partial charge in [-0.1, -0.05) is 0 Å². The van der Waals surface area contributed by atoms with Crippen LogP contribution < -0.4 is 20.9 Å². The lowest BCUT2D eigenvalue weighted by Gasteiger charge is -2.35. The number of carbonyl (C=O) groups is 4. The predicted molar refractivity (Wildman–Crippen MR) is 160 cm³/mol. The van der Waals surface area contributed by atoms with E-state index in [9.17, 15) is 23.2 Å². The minimum Gasteiger partial charge on any atom is -0.489 e. The maximum atomic E-state index is 13.7. The minimum absolute atomic E-state index is 0.0304. The van der Waals surface area contributed by atoms with E-state index in [1.807, 2.05) is 0 Å². The summed E-state index contributed by atoms with van der Waals surface area (Å²) in [5, 5.41) is 0. The molecule has 2 saturated heterocycles. The van der Waals surface area contributed by atoms with E-state index in [1.54, 1.807) is 0 Å². The Morgan fingerprint density at radius 2 is 1.85 bits per heavy atom. The van der Waals surface area contributed by atoms with Gasteiger partial charge in [-0.25, -0.2) is 9.78 Å². The summed E-state index contributed by atoms with van der Waals surface area (Å²) in [5.41, 5.74) is 10.7. The molecule has 4 N–H and O–H groups in total. The van der Waals surface area contributed by atoms with Crippen LogP contribution in [0.4, 0.5) is 8.78 Å². The Balaban J connectivity index is 0.000000930. The number of benzene rings is 1. The molecule has 0 radical (unpaired) electrons. The van der Waals surface area contributed by atoms with Crippen molar-refractivity contribution in [3.8, 4) is 23.0 Å². The molecule has 3 fully saturated rings. The quantitative estimate of drug-likeness (QED) is 0.258. The second-order valence-corrected chi connectivity index (χ2v) is 10.4. The highest BCUT2D eigenvalue weighted by molar-refractivity contribution is 5.97. The molecule has 1 aromatic heterocycles. The summed E-state index contributed by atoms with van der Waals surface area (Å²) < 4.78 is 56.0. The highest BCUT2D eigenvalue weighted by atomic mass is 19.3. The molecule has 1 aliphatic carbocycles. The van der Waals surface area contributed by atoms with Crippen LogP contribution in [0.5, 0.6) is 11.5 Å². The van der Waals surface area contributed by atoms with E-state index in [0.29, 0.717) is 43.9 Å². The number of oxazole rings is 1. The van der Waals surface area contributed by atoms with Crippen LogP contribution in [0.15, 0.2) is 22.6 Å². The first kappa shape index (κ1) is 37.1. The normalized spacial score (nSPS) is 18.7. The number of methoxy groups -OCH3 is 2. The van der Waals surface area contributed by atoms with E-state index in [-0.39, 0.29) is 61.0 Å². The summed E-state index contributed by atoms with van der Waals surface area (Å²) in [6, 6.07) is 3.52. The molecule has 47 heavy (non-hydrogen) atoms. The lowest BCUT2D eigenvalue weighted by Crippen LogP contribution is -2.54. The van der Waals surface area contributed by atoms with E-state index < -0.39 is 30.6 Å². The molecule has 2 amide bonds. The molecule has 3 aliphatic rings. The number of hydrogen-bond acceptors (Lipinski definition) is 13. The van der Waals surface area contributed by atoms with Gasteiger partial charge in [0.2, 0.25) is 11.8 Å². The molecule has 15 nitrogen and oxygen atoms in total. The molecule has 1 saturated carbocycles. The number of aromatic nitrogens is 1. The second-order valence-electron chi connectivity index (χ2n) is 10.4. The third-order valence-corrected chi connectivity index (χ3v) is 7.40. The molecule has 260 valence electrons. The Kier molecular flexibility index (Phi) is 14.3. The molecule has 2 atom stereocenters. The van der Waals surface area contributed by atoms with Gasteiger partial charge in [0.25, 0.3) is 12.4 Å². The summed E-state index contributed by atoms with van der Waals surface area (Å²) >= 11 is 0. The van der Waals surface area contributed by atoms with Gasteiger partial charge in [0.15, 0.2) is 29.1 Å². The standard InChI is InChI=1S/C27H32F2N4O8.C2H4O2.CH5N/c1-37-26(36)21-13-32(9-10-38-21)24(34)17-3-2-8-33(17)25(35)22-20(12-30)40-23(31-22)16-6-7-18(41-27(28)29)19(11-16)39-14-15-4-5-15;1-4-2-3;1-2/h6-7,11,15,17,21,27H,2-5,8-10,12-14,30H2,1H3;2H,1H3;2H2,1H3. The zero-order valence-corrected chi connectivity index (χ0v) is 26.5. The molecular formula is C30H41F2N5O10. The highest BCUT2D eigenvalue weighted by Gasteiger charge is 2.41. The van der Waals surface area contributed by atoms with Gasteiger partial charge in [0, 0.05) is 18.7 Å². The number of amides is 2. The fourth-order valence-corrected chi connectivity index (χ4v) is 4.96. The SMILES string of the molecule is CN.COC(=O)C1CN(C(=O)C2CCCN2C(=O)c2nc(-c3ccc(OC(F)F)c(OCC4CC4)c3)oc2CN)CCO1.COC=O. The van der Waals surface area contributed by atoms with Crippen LogP contribution in [-0.2, 0) is 35.1 Å². The number of nitrogens with two attached hydrogens (primary N) is 2. The van der Waals surface area contributed by atoms with Crippen LogP contribution in [-0.4, -0.2) is 112 Å². The van der Waals surface area contributed by atoms with Crippen molar-refractivity contribution in [2.45, 2.75) is 51.0 Å². The number of alkyl halides is 2. The van der Waals surface area contributed by atoms with Crippen LogP contribution in [0.25, 0.3) is 11.5 Å². The number of nitrogens with zero attached hydrogens (tertiary/aromatic N) is 3. The number of likely N-dealkylation sites (tertiary alicyclic amines) is 1. The van der Waals surface area contributed by atoms with Crippen LogP contribution in [0.2, 0.25) is 0 Å². The third-order valence-electron chi connectivity index (χ3n) is 7.40. The first-order valence-electron chi connectivity index (χ1n) is 15.0. The van der Waals surface area contributed by atoms with Crippen molar-refractivity contribution in [2.24, 2.45) is 17.4 Å². The third kappa shape index (κ3) is 9.82. The number of halogens is 2. The topological polar surface area (TPSA) is 199 Å². The summed E-state index contributed by atoms with van der Waals surface area (Å²) in [4.78, 5) is 55.3. The van der Waals surface area contributed by atoms with Crippen molar-refractivity contribution >= 4 is 24.3 Å². The lowest BCUT2D eigenvalue weighted by atomic mass is 10.1. The molecule has 0 bridgehead atoms. The second kappa shape index (κ2) is 18.1. The Hall–Kier alpha value is -4.35. The molecule has 2 unspecified atom stereocenters. The molecule has 3 heterocycles. The van der Waals surface area contributed by atoms with Gasteiger partial charge in [-0.2, -0.15) is 8.78 Å². The number of carbonyl (C=O) groups excluding carboxylic acids is 4. The molecule has 1 aromatic carbocycles. The summed E-state index contributed by atoms with van der Waals surface area (Å²) in [6.45, 7) is -1.62. The average Bonchev–Trinajstić information content (AvgIpc) is 3.62. The molecule has 0 spiro atoms. The smallest absolute Gasteiger partial charge is 0.387 e. The molecule has 2 aromatic rings. The van der Waals surface area contributed by atoms with Crippen molar-refractivity contribution in [2.75, 3.05) is 54.1 Å². The Labute approximate surface area is 270 Å². The van der Waals surface area contributed by atoms with Crippen molar-refractivity contribution in [1.82, 2.24) is 14.8 Å². The van der Waals surface area contributed by atoms with Crippen molar-refractivity contribution in [3.05, 3.63) is 29.7 Å². The van der Waals surface area contributed by atoms with Gasteiger partial charge < -0.3 is 49.4 Å². The van der Waals surface area contributed by atoms with Crippen LogP contribution in [0.3, 0.4) is 0 Å². The zero-order chi connectivity index (χ0) is 34.5. The fraction of sp³-hybridized carbons (Fsp3) is 0.567. The van der Waals surface area contributed by atoms with Crippen LogP contribution >= 0.6 is 0 Å². The van der Waals surface area contributed by atoms with E-state index in [2.05, 4.69) is 20.2 Å². The molecule has 17 heteroatoms. The average molecular weight is 670 g/mol. The van der Waals surface area contributed by atoms with Gasteiger partial charge in [-0.3, -0.25) is 14.4 Å². The fourth-order valence-electron chi connectivity index (χ4n) is 4.96. The number of morpholine rings is 1. The van der Waals surface area contributed by atoms with Gasteiger partial charge >= 0.3 is 12.6 Å². The Morgan fingerprint density at radius 3 is 2.47 bits per heavy atom. The first-order chi connectivity index (χ1) is 22.7. The summed E-state index contributed by atoms with van der Waals surface area (Å²) in [5.74, 6) is -0.862. The Bertz CT molecular complexity index is 1360. The Morgan fingerprint density at radius 1 is 1.13 bits per heavy atom. The number of hydrogen-bond donors (Lipinski definition) is 2. The molecule has 2 aliphatic heterocycles. The predicted octanol–water partition coefficient (Wildman–Crippen LogP) is 1.56. The summed E-state index contributed by atoms with van der Waals surface area (Å²) in [6.07, 6.45) is 2.17. The van der Waals surface area contributed by atoms with E-state index in [4.69, 9.17) is 29.2 Å². The summed E-state index contributed by atoms with van der Waals surface area (Å²) in [7, 11) is 4.06. The van der Waals surface area contributed by atoms with Crippen LogP contribution in [0.1, 0.15) is 41.9 Å². The zero-order valence-electron chi connectivity index (χ0n) is 26.5. The first-order valence-corrected chi connectivity index (χ1v) is 15.0. The van der Waals surface area contributed by atoms with Gasteiger partial charge in [-0.05, 0) is 56.8 Å². The van der Waals surface area contributed by atoms with Gasteiger partial charge in [0.1, 0.15) is 6.04 Å². The van der Waals surface area contributed by atoms with E-state index in [1.165, 1.54) is 49.3 Å². The molecular weight excluding hydrogens is 628 g/mol. The number of ether oxygens (including phenoxy) is 5. The largest absolute Gasteiger partial charge is 0.489 e. The maximum Gasteiger partial charge on any atom is 0.387 e. The molecule has 5 rings (SSSR count). The maximum absolute atomic E-state index is 13.7. The van der Waals surface area contributed by atoms with E-state index >= 15 is 0 Å². The monoisotopic (exact) mass is 669 g/mol.